The fraction of sp³-hybridized carbons (Fsp3) is 0.346. The standard InChI is InChI=1S/C26H32N6O2/c1-31(20-11-9-17(14-27)10-12-20)24(33)16-32(23-15-30-22-8-3-2-7-21(22)23)26(34)19-6-4-5-18(13-19)25(28)29/h2-8,13,15,17,20,30H,9-12,14,16,27H2,1H3,(H3,28,29). The Morgan fingerprint density at radius 3 is 2.47 bits per heavy atom. The van der Waals surface area contributed by atoms with Crippen molar-refractivity contribution < 1.29 is 9.59 Å². The molecule has 0 radical (unpaired) electrons. The lowest BCUT2D eigenvalue weighted by Crippen LogP contribution is -2.46. The van der Waals surface area contributed by atoms with E-state index >= 15 is 0 Å². The highest BCUT2D eigenvalue weighted by Crippen LogP contribution is 2.29. The molecule has 1 aromatic heterocycles. The minimum Gasteiger partial charge on any atom is -0.384 e. The van der Waals surface area contributed by atoms with Crippen LogP contribution in [0.4, 0.5) is 5.69 Å². The second-order valence-corrected chi connectivity index (χ2v) is 9.02. The van der Waals surface area contributed by atoms with Crippen molar-refractivity contribution in [2.24, 2.45) is 17.4 Å². The van der Waals surface area contributed by atoms with Crippen molar-refractivity contribution in [1.82, 2.24) is 9.88 Å². The van der Waals surface area contributed by atoms with Gasteiger partial charge in [-0.3, -0.25) is 19.9 Å². The van der Waals surface area contributed by atoms with E-state index in [0.29, 0.717) is 29.3 Å². The molecule has 1 fully saturated rings. The average molecular weight is 461 g/mol. The first-order valence-corrected chi connectivity index (χ1v) is 11.7. The molecular weight excluding hydrogens is 428 g/mol. The number of carbonyl (C=O) groups is 2. The van der Waals surface area contributed by atoms with Gasteiger partial charge >= 0.3 is 0 Å². The zero-order valence-electron chi connectivity index (χ0n) is 19.5. The van der Waals surface area contributed by atoms with E-state index in [9.17, 15) is 9.59 Å². The van der Waals surface area contributed by atoms with Gasteiger partial charge in [-0.1, -0.05) is 30.3 Å². The Hall–Kier alpha value is -3.65. The number of rotatable bonds is 7. The molecule has 0 atom stereocenters. The van der Waals surface area contributed by atoms with Crippen LogP contribution < -0.4 is 16.4 Å². The van der Waals surface area contributed by atoms with Gasteiger partial charge in [-0.2, -0.15) is 0 Å². The molecule has 34 heavy (non-hydrogen) atoms. The van der Waals surface area contributed by atoms with Crippen LogP contribution in [0.5, 0.6) is 0 Å². The van der Waals surface area contributed by atoms with E-state index in [2.05, 4.69) is 4.98 Å². The van der Waals surface area contributed by atoms with Crippen LogP contribution in [0.15, 0.2) is 54.7 Å². The Bertz CT molecular complexity index is 1190. The van der Waals surface area contributed by atoms with Crippen LogP contribution in [0.3, 0.4) is 0 Å². The summed E-state index contributed by atoms with van der Waals surface area (Å²) in [5.41, 5.74) is 13.8. The number of para-hydroxylation sites is 1. The molecule has 8 heteroatoms. The van der Waals surface area contributed by atoms with Crippen molar-refractivity contribution in [2.45, 2.75) is 31.7 Å². The molecule has 8 nitrogen and oxygen atoms in total. The molecule has 2 aromatic carbocycles. The first kappa shape index (κ1) is 23.5. The van der Waals surface area contributed by atoms with E-state index in [4.69, 9.17) is 16.9 Å². The van der Waals surface area contributed by atoms with Crippen molar-refractivity contribution in [2.75, 3.05) is 25.0 Å². The van der Waals surface area contributed by atoms with Gasteiger partial charge in [-0.05, 0) is 56.3 Å². The Kier molecular flexibility index (Phi) is 6.98. The Morgan fingerprint density at radius 1 is 1.06 bits per heavy atom. The van der Waals surface area contributed by atoms with Crippen LogP contribution >= 0.6 is 0 Å². The molecule has 6 N–H and O–H groups in total. The Morgan fingerprint density at radius 2 is 1.76 bits per heavy atom. The molecule has 3 aromatic rings. The number of nitrogens with one attached hydrogen (secondary N) is 2. The van der Waals surface area contributed by atoms with Crippen molar-refractivity contribution in [3.63, 3.8) is 0 Å². The lowest BCUT2D eigenvalue weighted by Gasteiger charge is -2.35. The van der Waals surface area contributed by atoms with E-state index in [-0.39, 0.29) is 30.2 Å². The number of likely N-dealkylation sites (N-methyl/N-ethyl adjacent to an activating group) is 1. The van der Waals surface area contributed by atoms with Gasteiger partial charge in [0.2, 0.25) is 5.91 Å². The number of anilines is 1. The normalized spacial score (nSPS) is 17.9. The highest BCUT2D eigenvalue weighted by atomic mass is 16.2. The molecule has 4 rings (SSSR count). The van der Waals surface area contributed by atoms with Gasteiger partial charge in [0.25, 0.3) is 5.91 Å². The van der Waals surface area contributed by atoms with Crippen molar-refractivity contribution >= 4 is 34.2 Å². The van der Waals surface area contributed by atoms with Crippen molar-refractivity contribution in [1.29, 1.82) is 5.41 Å². The summed E-state index contributed by atoms with van der Waals surface area (Å²) in [6.45, 7) is 0.602. The SMILES string of the molecule is CN(C(=O)CN(C(=O)c1cccc(C(=N)N)c1)c1c[nH]c2ccccc12)C1CCC(CN)CC1. The van der Waals surface area contributed by atoms with Gasteiger partial charge in [-0.25, -0.2) is 0 Å². The lowest BCUT2D eigenvalue weighted by molar-refractivity contribution is -0.131. The molecule has 1 aliphatic carbocycles. The maximum Gasteiger partial charge on any atom is 0.258 e. The number of hydrogen-bond donors (Lipinski definition) is 4. The monoisotopic (exact) mass is 460 g/mol. The summed E-state index contributed by atoms with van der Waals surface area (Å²) in [4.78, 5) is 33.6. The highest BCUT2D eigenvalue weighted by Gasteiger charge is 2.29. The average Bonchev–Trinajstić information content (AvgIpc) is 3.30. The van der Waals surface area contributed by atoms with Crippen LogP contribution in [-0.2, 0) is 4.79 Å². The third-order valence-electron chi connectivity index (χ3n) is 6.91. The first-order chi connectivity index (χ1) is 16.4. The quantitative estimate of drug-likeness (QED) is 0.319. The number of aromatic amines is 1. The van der Waals surface area contributed by atoms with Crippen molar-refractivity contribution in [3.05, 3.63) is 65.9 Å². The molecular formula is C26H32N6O2. The van der Waals surface area contributed by atoms with Gasteiger partial charge in [0.15, 0.2) is 0 Å². The maximum absolute atomic E-state index is 13.7. The molecule has 178 valence electrons. The largest absolute Gasteiger partial charge is 0.384 e. The second kappa shape index (κ2) is 10.1. The smallest absolute Gasteiger partial charge is 0.258 e. The third kappa shape index (κ3) is 4.82. The second-order valence-electron chi connectivity index (χ2n) is 9.02. The number of amides is 2. The molecule has 0 spiro atoms. The summed E-state index contributed by atoms with van der Waals surface area (Å²) < 4.78 is 0. The van der Waals surface area contributed by atoms with E-state index in [1.54, 1.807) is 35.4 Å². The Balaban J connectivity index is 1.63. The van der Waals surface area contributed by atoms with Crippen LogP contribution in [0.25, 0.3) is 10.9 Å². The van der Waals surface area contributed by atoms with E-state index in [1.165, 1.54) is 4.90 Å². The predicted octanol–water partition coefficient (Wildman–Crippen LogP) is 3.07. The van der Waals surface area contributed by atoms with E-state index in [0.717, 1.165) is 36.6 Å². The highest BCUT2D eigenvalue weighted by molar-refractivity contribution is 6.13. The number of H-pyrrole nitrogens is 1. The lowest BCUT2D eigenvalue weighted by atomic mass is 9.85. The molecule has 1 heterocycles. The minimum atomic E-state index is -0.318. The number of aromatic nitrogens is 1. The van der Waals surface area contributed by atoms with E-state index in [1.807, 2.05) is 31.3 Å². The molecule has 2 amide bonds. The zero-order chi connectivity index (χ0) is 24.2. The summed E-state index contributed by atoms with van der Waals surface area (Å²) in [5, 5.41) is 8.58. The number of nitrogens with zero attached hydrogens (tertiary/aromatic N) is 2. The van der Waals surface area contributed by atoms with Gasteiger partial charge in [0, 0.05) is 41.3 Å². The van der Waals surface area contributed by atoms with Crippen LogP contribution in [0.1, 0.15) is 41.6 Å². The van der Waals surface area contributed by atoms with Gasteiger partial charge in [0.05, 0.1) is 5.69 Å². The molecule has 0 bridgehead atoms. The summed E-state index contributed by atoms with van der Waals surface area (Å²) in [5.74, 6) is -0.0196. The fourth-order valence-corrected chi connectivity index (χ4v) is 4.74. The fourth-order valence-electron chi connectivity index (χ4n) is 4.74. The number of benzene rings is 2. The summed E-state index contributed by atoms with van der Waals surface area (Å²) >= 11 is 0. The summed E-state index contributed by atoms with van der Waals surface area (Å²) in [6.07, 6.45) is 5.64. The third-order valence-corrected chi connectivity index (χ3v) is 6.91. The maximum atomic E-state index is 13.7. The minimum absolute atomic E-state index is 0.0850. The van der Waals surface area contributed by atoms with Crippen LogP contribution in [0, 0.1) is 11.3 Å². The van der Waals surface area contributed by atoms with E-state index < -0.39 is 0 Å². The number of hydrogen-bond acceptors (Lipinski definition) is 4. The molecule has 1 saturated carbocycles. The number of nitrogens with two attached hydrogens (primary N) is 2. The van der Waals surface area contributed by atoms with Crippen molar-refractivity contribution in [3.8, 4) is 0 Å². The predicted molar refractivity (Wildman–Crippen MR) is 135 cm³/mol. The van der Waals surface area contributed by atoms with Crippen LogP contribution in [-0.4, -0.2) is 53.7 Å². The topological polar surface area (TPSA) is 132 Å². The summed E-state index contributed by atoms with van der Waals surface area (Å²) in [6, 6.07) is 14.5. The number of fused-ring (bicyclic) bond motifs is 1. The molecule has 1 aliphatic rings. The zero-order valence-corrected chi connectivity index (χ0v) is 19.5. The van der Waals surface area contributed by atoms with Gasteiger partial charge in [0.1, 0.15) is 12.4 Å². The first-order valence-electron chi connectivity index (χ1n) is 11.7. The molecule has 0 aliphatic heterocycles. The van der Waals surface area contributed by atoms with Crippen LogP contribution in [0.2, 0.25) is 0 Å². The number of carbonyl (C=O) groups excluding carboxylic acids is 2. The number of amidine groups is 1. The Labute approximate surface area is 199 Å². The van der Waals surface area contributed by atoms with Gasteiger partial charge in [-0.15, -0.1) is 0 Å². The molecule has 0 saturated heterocycles. The van der Waals surface area contributed by atoms with Gasteiger partial charge < -0.3 is 21.4 Å². The number of nitrogen functional groups attached to an aromatic ring is 1. The molecule has 0 unspecified atom stereocenters. The summed E-state index contributed by atoms with van der Waals surface area (Å²) in [7, 11) is 1.82.